The second-order valence-electron chi connectivity index (χ2n) is 12.2. The number of rotatable bonds is 14. The fourth-order valence-corrected chi connectivity index (χ4v) is 7.06. The van der Waals surface area contributed by atoms with Crippen LogP contribution in [-0.2, 0) is 26.0 Å². The molecule has 2 amide bonds. The molecule has 0 radical (unpaired) electrons. The maximum Gasteiger partial charge on any atom is 0.255 e. The molecule has 242 valence electrons. The highest BCUT2D eigenvalue weighted by molar-refractivity contribution is 7.89. The molecule has 0 aromatic heterocycles. The Hall–Kier alpha value is -3.19. The van der Waals surface area contributed by atoms with Gasteiger partial charge in [-0.05, 0) is 55.3 Å². The molecule has 0 aliphatic carbocycles. The van der Waals surface area contributed by atoms with E-state index in [1.807, 2.05) is 58.0 Å². The molecule has 12 heteroatoms. The predicted molar refractivity (Wildman–Crippen MR) is 166 cm³/mol. The summed E-state index contributed by atoms with van der Waals surface area (Å²) in [7, 11) is -4.09. The minimum atomic E-state index is -4.09. The van der Waals surface area contributed by atoms with Gasteiger partial charge in [0.1, 0.15) is 0 Å². The van der Waals surface area contributed by atoms with E-state index in [1.54, 1.807) is 6.07 Å². The van der Waals surface area contributed by atoms with Crippen LogP contribution in [0.2, 0.25) is 0 Å². The third-order valence-corrected chi connectivity index (χ3v) is 9.93. The molecule has 2 unspecified atom stereocenters. The number of ether oxygens (including phenoxy) is 2. The summed E-state index contributed by atoms with van der Waals surface area (Å²) >= 11 is 0. The quantitative estimate of drug-likeness (QED) is 0.271. The fourth-order valence-electron chi connectivity index (χ4n) is 5.43. The third-order valence-electron chi connectivity index (χ3n) is 8.10. The highest BCUT2D eigenvalue weighted by Gasteiger charge is 2.37. The van der Waals surface area contributed by atoms with Crippen LogP contribution in [0.3, 0.4) is 0 Å². The van der Waals surface area contributed by atoms with Crippen LogP contribution in [0.5, 0.6) is 11.5 Å². The Bertz CT molecular complexity index is 1370. The number of hydrogen-bond donors (Lipinski definition) is 3. The van der Waals surface area contributed by atoms with Crippen molar-refractivity contribution in [1.82, 2.24) is 20.1 Å². The minimum Gasteiger partial charge on any atom is -0.454 e. The number of carbonyl (C=O) groups excluding carboxylic acids is 2. The van der Waals surface area contributed by atoms with Crippen LogP contribution >= 0.6 is 0 Å². The predicted octanol–water partition coefficient (Wildman–Crippen LogP) is 3.08. The van der Waals surface area contributed by atoms with E-state index in [9.17, 15) is 23.1 Å². The molecular formula is C32H46N4O7S. The van der Waals surface area contributed by atoms with Crippen LogP contribution < -0.4 is 20.2 Å². The summed E-state index contributed by atoms with van der Waals surface area (Å²) in [6.07, 6.45) is 1.28. The van der Waals surface area contributed by atoms with E-state index in [2.05, 4.69) is 10.7 Å². The van der Waals surface area contributed by atoms with E-state index in [0.29, 0.717) is 24.5 Å². The fraction of sp³-hybridized carbons (Fsp3) is 0.562. The van der Waals surface area contributed by atoms with E-state index in [-0.39, 0.29) is 61.3 Å². The summed E-state index contributed by atoms with van der Waals surface area (Å²) in [5.41, 5.74) is 3.66. The Morgan fingerprint density at radius 2 is 1.80 bits per heavy atom. The molecule has 1 saturated heterocycles. The Morgan fingerprint density at radius 1 is 1.07 bits per heavy atom. The van der Waals surface area contributed by atoms with Gasteiger partial charge in [0, 0.05) is 25.6 Å². The van der Waals surface area contributed by atoms with Gasteiger partial charge in [0.15, 0.2) is 11.5 Å². The number of hydrogen-bond acceptors (Lipinski definition) is 8. The van der Waals surface area contributed by atoms with Gasteiger partial charge >= 0.3 is 0 Å². The van der Waals surface area contributed by atoms with Gasteiger partial charge < -0.3 is 19.9 Å². The zero-order chi connectivity index (χ0) is 31.9. The van der Waals surface area contributed by atoms with Crippen LogP contribution in [0.25, 0.3) is 0 Å². The molecule has 1 fully saturated rings. The molecule has 2 aromatic rings. The van der Waals surface area contributed by atoms with E-state index in [4.69, 9.17) is 9.47 Å². The average Bonchev–Trinajstić information content (AvgIpc) is 3.71. The highest BCUT2D eigenvalue weighted by Crippen LogP contribution is 2.35. The van der Waals surface area contributed by atoms with Gasteiger partial charge in [0.2, 0.25) is 22.7 Å². The lowest BCUT2D eigenvalue weighted by molar-refractivity contribution is -0.149. The van der Waals surface area contributed by atoms with Gasteiger partial charge in [-0.15, -0.1) is 0 Å². The molecule has 2 aromatic carbocycles. The molecule has 3 N–H and O–H groups in total. The smallest absolute Gasteiger partial charge is 0.255 e. The number of carbonyl (C=O) groups is 2. The Balaban J connectivity index is 1.68. The summed E-state index contributed by atoms with van der Waals surface area (Å²) in [4.78, 5) is 27.1. The highest BCUT2D eigenvalue weighted by atomic mass is 32.2. The van der Waals surface area contributed by atoms with Crippen molar-refractivity contribution in [2.75, 3.05) is 26.4 Å². The molecule has 2 aliphatic rings. The van der Waals surface area contributed by atoms with Crippen molar-refractivity contribution in [3.63, 3.8) is 0 Å². The molecule has 44 heavy (non-hydrogen) atoms. The summed E-state index contributed by atoms with van der Waals surface area (Å²) in [6, 6.07) is 12.4. The van der Waals surface area contributed by atoms with Gasteiger partial charge in [-0.3, -0.25) is 15.0 Å². The van der Waals surface area contributed by atoms with Crippen molar-refractivity contribution in [1.29, 1.82) is 0 Å². The summed E-state index contributed by atoms with van der Waals surface area (Å²) < 4.78 is 40.0. The second-order valence-corrected chi connectivity index (χ2v) is 14.1. The number of nitrogens with zero attached hydrogens (tertiary/aromatic N) is 2. The van der Waals surface area contributed by atoms with Crippen molar-refractivity contribution in [3.8, 4) is 11.5 Å². The number of hydrazine groups is 1. The molecule has 4 rings (SSSR count). The van der Waals surface area contributed by atoms with Crippen molar-refractivity contribution in [3.05, 3.63) is 54.1 Å². The van der Waals surface area contributed by atoms with E-state index in [0.717, 1.165) is 18.4 Å². The largest absolute Gasteiger partial charge is 0.454 e. The number of nitrogens with one attached hydrogen (secondary N) is 2. The van der Waals surface area contributed by atoms with Crippen molar-refractivity contribution in [2.24, 2.45) is 11.8 Å². The van der Waals surface area contributed by atoms with Crippen molar-refractivity contribution in [2.45, 2.75) is 82.9 Å². The number of amides is 2. The topological polar surface area (TPSA) is 138 Å². The normalized spacial score (nSPS) is 18.3. The SMILES string of the molecule is CC[C@H](C)CC(=O)N(NC(=O)C1CCCN1)C(Cc1ccccc1)[C@H](O)CN(CC(C)C)S(=O)(=O)c1ccc2c(c1)OCO2. The third kappa shape index (κ3) is 8.50. The molecule has 0 spiro atoms. The van der Waals surface area contributed by atoms with Crippen molar-refractivity contribution < 1.29 is 32.6 Å². The van der Waals surface area contributed by atoms with Crippen LogP contribution in [0.1, 0.15) is 58.9 Å². The molecular weight excluding hydrogens is 584 g/mol. The van der Waals surface area contributed by atoms with Gasteiger partial charge in [-0.1, -0.05) is 64.4 Å². The number of sulfonamides is 1. The maximum absolute atomic E-state index is 14.0. The monoisotopic (exact) mass is 630 g/mol. The van der Waals surface area contributed by atoms with Crippen molar-refractivity contribution >= 4 is 21.8 Å². The van der Waals surface area contributed by atoms with Crippen LogP contribution in [-0.4, -0.2) is 79.3 Å². The molecule has 11 nitrogen and oxygen atoms in total. The Labute approximate surface area is 260 Å². The lowest BCUT2D eigenvalue weighted by Gasteiger charge is -2.38. The number of aliphatic hydroxyl groups is 1. The first-order chi connectivity index (χ1) is 21.0. The summed E-state index contributed by atoms with van der Waals surface area (Å²) in [5.74, 6) is 0.102. The molecule has 2 heterocycles. The first-order valence-corrected chi connectivity index (χ1v) is 16.9. The maximum atomic E-state index is 14.0. The van der Waals surface area contributed by atoms with Gasteiger partial charge in [0.05, 0.1) is 23.1 Å². The first-order valence-electron chi connectivity index (χ1n) is 15.5. The van der Waals surface area contributed by atoms with Gasteiger partial charge in [0.25, 0.3) is 5.91 Å². The Kier molecular flexibility index (Phi) is 11.6. The average molecular weight is 631 g/mol. The minimum absolute atomic E-state index is 0.0109. The van der Waals surface area contributed by atoms with Gasteiger partial charge in [-0.25, -0.2) is 13.4 Å². The molecule has 4 atom stereocenters. The lowest BCUT2D eigenvalue weighted by Crippen LogP contribution is -2.61. The van der Waals surface area contributed by atoms with Crippen LogP contribution in [0.15, 0.2) is 53.4 Å². The standard InChI is InChI=1S/C32H46N4O7S/c1-5-23(4)16-31(38)36(34-32(39)26-12-9-15-33-26)27(17-24-10-7-6-8-11-24)28(37)20-35(19-22(2)3)44(40,41)25-13-14-29-30(18-25)43-21-42-29/h6-8,10-11,13-14,18,22-23,26-28,33,37H,5,9,12,15-17,19-21H2,1-4H3,(H,34,39)/t23-,26?,27?,28+/m0/s1. The zero-order valence-electron chi connectivity index (χ0n) is 26.1. The van der Waals surface area contributed by atoms with Crippen LogP contribution in [0, 0.1) is 11.8 Å². The molecule has 0 bridgehead atoms. The number of aliphatic hydroxyl groups excluding tert-OH is 1. The van der Waals surface area contributed by atoms with E-state index < -0.39 is 28.2 Å². The molecule has 2 aliphatic heterocycles. The van der Waals surface area contributed by atoms with E-state index >= 15 is 0 Å². The summed E-state index contributed by atoms with van der Waals surface area (Å²) in [5, 5.41) is 16.3. The second kappa shape index (κ2) is 15.2. The number of fused-ring (bicyclic) bond motifs is 1. The zero-order valence-corrected chi connectivity index (χ0v) is 26.9. The van der Waals surface area contributed by atoms with Crippen LogP contribution in [0.4, 0.5) is 0 Å². The first kappa shape index (κ1) is 33.7. The van der Waals surface area contributed by atoms with Gasteiger partial charge in [-0.2, -0.15) is 4.31 Å². The molecule has 0 saturated carbocycles. The summed E-state index contributed by atoms with van der Waals surface area (Å²) in [6.45, 7) is 8.29. The number of benzene rings is 2. The lowest BCUT2D eigenvalue weighted by atomic mass is 9.98. The van der Waals surface area contributed by atoms with E-state index in [1.165, 1.54) is 21.4 Å². The Morgan fingerprint density at radius 3 is 2.45 bits per heavy atom.